The molecule has 101 heavy (non-hydrogen) atoms. The average molecular weight is 1480 g/mol. The molecule has 0 saturated carbocycles. The van der Waals surface area contributed by atoms with Gasteiger partial charge in [0.25, 0.3) is 0 Å². The molecule has 0 aliphatic carbocycles. The minimum absolute atomic E-state index is 0.789. The number of aliphatic hydroxyl groups excluding tert-OH is 23. The van der Waals surface area contributed by atoms with E-state index in [4.69, 9.17) is 66.3 Å². The Bertz CT molecular complexity index is 2580. The van der Waals surface area contributed by atoms with Crippen LogP contribution in [0, 0.1) is 0 Å². The van der Waals surface area contributed by atoms with Crippen LogP contribution in [0.15, 0.2) is 0 Å². The van der Waals surface area contributed by atoms with Crippen molar-refractivity contribution >= 4 is 23.6 Å². The van der Waals surface area contributed by atoms with Gasteiger partial charge in [0.15, 0.2) is 44.0 Å². The SMILES string of the molecule is CC(=O)N[C@H]1[C@H](O[C@@H]([C@H](O)[C@H](CO)NC(C)=O)[C@H](O)CO)O[C@H](CO)[C@@H](O[C@@H]2O[C@H](CO[C@H]3O[C@H](CO)[C@@H](O)[C@H](O)[C@@H]3O[C@@H]3O[C@H](CO)[C@@H](O)[C@H](O)[C@H]3NC(C)=O)[C@@H](O)[C@H](O[C@H]3O[C@H](CO)[C@@H](O[C@@H]4O[C@H](CO)[C@@H](O[C@@H]5O[C@H](CO)[C@H](O)[C@H](O)[C@H]5O)[C@H](O)[C@H]4NC(C)=O)[C@H](O)[C@@H]3O)[C@@H]2O)[C@@H]1O. The van der Waals surface area contributed by atoms with E-state index in [1.54, 1.807) is 0 Å². The molecule has 586 valence electrons. The Labute approximate surface area is 572 Å². The molecule has 7 heterocycles. The third kappa shape index (κ3) is 19.6. The Morgan fingerprint density at radius 3 is 1.15 bits per heavy atom. The fourth-order valence-corrected chi connectivity index (χ4v) is 12.6. The molecule has 7 saturated heterocycles. The van der Waals surface area contributed by atoms with E-state index in [-0.39, 0.29) is 0 Å². The highest BCUT2D eigenvalue weighted by atomic mass is 16.8. The van der Waals surface area contributed by atoms with E-state index >= 15 is 0 Å². The summed E-state index contributed by atoms with van der Waals surface area (Å²) in [7, 11) is 0. The molecule has 0 aromatic rings. The number of carbonyl (C=O) groups is 4. The van der Waals surface area contributed by atoms with Crippen LogP contribution >= 0.6 is 0 Å². The number of nitrogens with one attached hydrogen (secondary N) is 4. The standard InChI is InChI=1S/C56H96N4O41/c1-14(69)57-18(5-61)30(74)44(19(73)6-62)96-51-28(59-16(3)71)36(80)46(24(11-67)92-51)99-55-43(87)48(34(78)26(95-55)13-88-56-49(39(83)33(77)22(9-65)91-56)101-50-27(58-15(2)70)35(79)31(75)20(7-63)89-50)100-54-42(86)40(84)47(25(12-68)94-54)97-52-29(60-17(4)72)37(81)45(23(10-66)93-52)98-53-41(85)38(82)32(76)21(8-64)90-53/h18-56,61-68,73-87H,5-13H2,1-4H3,(H,57,69)(H,58,70)(H,59,71)(H,60,72)/t18-,19+,20+,21+,22+,23+,24+,25+,26+,27+,28+,29+,30+,31+,32-,33+,34+,35+,36+,37+,38-,39-,40+,41+,42-,43-,44+,45+,46+,47+,48-,49-,50-,51-,52-,53-,54+,55-,56-/m0/s1. The molecule has 27 N–H and O–H groups in total. The molecule has 7 aliphatic rings. The summed E-state index contributed by atoms with van der Waals surface area (Å²) >= 11 is 0. The van der Waals surface area contributed by atoms with Crippen molar-refractivity contribution in [2.75, 3.05) is 59.5 Å². The van der Waals surface area contributed by atoms with E-state index in [9.17, 15) is 137 Å². The lowest BCUT2D eigenvalue weighted by atomic mass is 9.94. The minimum atomic E-state index is -2.49. The summed E-state index contributed by atoms with van der Waals surface area (Å²) in [6.07, 6.45) is -71.8. The summed E-state index contributed by atoms with van der Waals surface area (Å²) < 4.78 is 82.1. The third-order valence-electron chi connectivity index (χ3n) is 17.9. The molecule has 0 bridgehead atoms. The van der Waals surface area contributed by atoms with E-state index < -0.39 is 322 Å². The van der Waals surface area contributed by atoms with Crippen molar-refractivity contribution in [3.8, 4) is 0 Å². The quantitative estimate of drug-likeness (QED) is 0.0318. The van der Waals surface area contributed by atoms with Crippen molar-refractivity contribution in [2.45, 2.75) is 267 Å². The lowest BCUT2D eigenvalue weighted by Crippen LogP contribution is -2.70. The van der Waals surface area contributed by atoms with Crippen molar-refractivity contribution in [1.82, 2.24) is 21.3 Å². The first-order valence-corrected chi connectivity index (χ1v) is 32.0. The summed E-state index contributed by atoms with van der Waals surface area (Å²) in [5.74, 6) is -3.44. The topological polar surface area (TPSA) is 711 Å². The Morgan fingerprint density at radius 1 is 0.337 bits per heavy atom. The van der Waals surface area contributed by atoms with Gasteiger partial charge in [0.2, 0.25) is 23.6 Å². The van der Waals surface area contributed by atoms with Crippen LogP contribution < -0.4 is 21.3 Å². The Morgan fingerprint density at radius 2 is 0.683 bits per heavy atom. The van der Waals surface area contributed by atoms with Crippen molar-refractivity contribution in [1.29, 1.82) is 0 Å². The average Bonchev–Trinajstić information content (AvgIpc) is 0.774. The van der Waals surface area contributed by atoms with Gasteiger partial charge in [-0.25, -0.2) is 0 Å². The first-order chi connectivity index (χ1) is 47.7. The molecule has 7 rings (SSSR count). The highest BCUT2D eigenvalue weighted by molar-refractivity contribution is 5.74. The summed E-state index contributed by atoms with van der Waals surface area (Å²) in [6, 6.07) is -7.05. The lowest BCUT2D eigenvalue weighted by Gasteiger charge is -2.50. The fourth-order valence-electron chi connectivity index (χ4n) is 12.6. The predicted molar refractivity (Wildman–Crippen MR) is 313 cm³/mol. The number of hydrogen-bond acceptors (Lipinski definition) is 41. The van der Waals surface area contributed by atoms with Gasteiger partial charge in [-0.15, -0.1) is 0 Å². The number of hydrogen-bond donors (Lipinski definition) is 27. The fraction of sp³-hybridized carbons (Fsp3) is 0.929. The van der Waals surface area contributed by atoms with Crippen molar-refractivity contribution in [3.05, 3.63) is 0 Å². The molecule has 45 heteroatoms. The summed E-state index contributed by atoms with van der Waals surface area (Å²) in [5, 5.41) is 261. The van der Waals surface area contributed by atoms with Crippen LogP contribution in [0.4, 0.5) is 0 Å². The first kappa shape index (κ1) is 84.7. The van der Waals surface area contributed by atoms with Gasteiger partial charge in [-0.05, 0) is 0 Å². The van der Waals surface area contributed by atoms with Crippen LogP contribution in [0.3, 0.4) is 0 Å². The number of amides is 4. The number of aliphatic hydroxyl groups is 23. The van der Waals surface area contributed by atoms with Gasteiger partial charge in [0, 0.05) is 27.7 Å². The highest BCUT2D eigenvalue weighted by Crippen LogP contribution is 2.38. The van der Waals surface area contributed by atoms with E-state index in [0.29, 0.717) is 0 Å². The van der Waals surface area contributed by atoms with E-state index in [1.165, 1.54) is 0 Å². The molecule has 0 unspecified atom stereocenters. The molecule has 45 nitrogen and oxygen atoms in total. The van der Waals surface area contributed by atoms with Gasteiger partial charge in [0.1, 0.15) is 189 Å². The van der Waals surface area contributed by atoms with Gasteiger partial charge in [0.05, 0.1) is 65.5 Å². The first-order valence-electron chi connectivity index (χ1n) is 32.0. The van der Waals surface area contributed by atoms with Crippen molar-refractivity contribution in [3.63, 3.8) is 0 Å². The molecule has 0 spiro atoms. The van der Waals surface area contributed by atoms with Crippen LogP contribution in [0.1, 0.15) is 27.7 Å². The Hall–Kier alpha value is -3.60. The molecule has 7 aliphatic heterocycles. The van der Waals surface area contributed by atoms with Crippen LogP contribution in [0.5, 0.6) is 0 Å². The molecule has 4 amide bonds. The van der Waals surface area contributed by atoms with Gasteiger partial charge in [-0.2, -0.15) is 0 Å². The van der Waals surface area contributed by atoms with Gasteiger partial charge < -0.3 is 205 Å². The molecule has 0 aromatic heterocycles. The van der Waals surface area contributed by atoms with Crippen LogP contribution in [-0.2, 0) is 85.5 Å². The Kier molecular flexibility index (Phi) is 31.7. The second-order valence-electron chi connectivity index (χ2n) is 25.1. The van der Waals surface area contributed by atoms with E-state index in [0.717, 1.165) is 27.7 Å². The molecule has 7 fully saturated rings. The van der Waals surface area contributed by atoms with Crippen LogP contribution in [0.25, 0.3) is 0 Å². The molecule has 39 atom stereocenters. The predicted octanol–water partition coefficient (Wildman–Crippen LogP) is -18.2. The molecular weight excluding hydrogens is 1380 g/mol. The van der Waals surface area contributed by atoms with Gasteiger partial charge in [-0.3, -0.25) is 19.2 Å². The van der Waals surface area contributed by atoms with Crippen molar-refractivity contribution < 1.29 is 203 Å². The normalized spacial score (nSPS) is 45.0. The summed E-state index contributed by atoms with van der Waals surface area (Å²) in [6.45, 7) is -5.71. The zero-order chi connectivity index (χ0) is 74.9. The van der Waals surface area contributed by atoms with E-state index in [1.807, 2.05) is 0 Å². The minimum Gasteiger partial charge on any atom is -0.394 e. The van der Waals surface area contributed by atoms with Crippen LogP contribution in [-0.4, -0.2) is 440 Å². The number of rotatable bonds is 30. The molecule has 0 aromatic carbocycles. The maximum absolute atomic E-state index is 12.8. The van der Waals surface area contributed by atoms with Crippen LogP contribution in [0.2, 0.25) is 0 Å². The van der Waals surface area contributed by atoms with E-state index in [2.05, 4.69) is 21.3 Å². The smallest absolute Gasteiger partial charge is 0.217 e. The second-order valence-corrected chi connectivity index (χ2v) is 25.1. The third-order valence-corrected chi connectivity index (χ3v) is 17.9. The second kappa shape index (κ2) is 37.8. The maximum Gasteiger partial charge on any atom is 0.217 e. The van der Waals surface area contributed by atoms with Gasteiger partial charge in [-0.1, -0.05) is 0 Å². The lowest BCUT2D eigenvalue weighted by molar-refractivity contribution is -0.392. The number of ether oxygens (including phenoxy) is 14. The highest BCUT2D eigenvalue weighted by Gasteiger charge is 2.59. The summed E-state index contributed by atoms with van der Waals surface area (Å²) in [5.41, 5.74) is 0. The monoisotopic (exact) mass is 1480 g/mol. The zero-order valence-corrected chi connectivity index (χ0v) is 54.5. The molecule has 0 radical (unpaired) electrons. The Balaban J connectivity index is 1.20. The van der Waals surface area contributed by atoms with Gasteiger partial charge >= 0.3 is 0 Å². The van der Waals surface area contributed by atoms with Crippen molar-refractivity contribution in [2.24, 2.45) is 0 Å². The maximum atomic E-state index is 12.8. The number of carbonyl (C=O) groups excluding carboxylic acids is 4. The zero-order valence-electron chi connectivity index (χ0n) is 54.5. The summed E-state index contributed by atoms with van der Waals surface area (Å²) in [4.78, 5) is 49.8. The largest absolute Gasteiger partial charge is 0.394 e. The molecular formula is C56H96N4O41.